The Bertz CT molecular complexity index is 743. The van der Waals surface area contributed by atoms with E-state index in [-0.39, 0.29) is 12.3 Å². The molecule has 19 heavy (non-hydrogen) atoms. The van der Waals surface area contributed by atoms with Crippen LogP contribution in [0.4, 0.5) is 10.5 Å². The van der Waals surface area contributed by atoms with Crippen LogP contribution < -0.4 is 16.0 Å². The molecule has 3 amide bonds. The van der Waals surface area contributed by atoms with E-state index in [0.29, 0.717) is 23.3 Å². The predicted molar refractivity (Wildman–Crippen MR) is 67.0 cm³/mol. The van der Waals surface area contributed by atoms with Crippen molar-refractivity contribution in [2.45, 2.75) is 6.42 Å². The summed E-state index contributed by atoms with van der Waals surface area (Å²) >= 11 is 0. The van der Waals surface area contributed by atoms with Gasteiger partial charge in [0.25, 0.3) is 0 Å². The summed E-state index contributed by atoms with van der Waals surface area (Å²) in [6, 6.07) is 4.58. The fourth-order valence-corrected chi connectivity index (χ4v) is 2.10. The summed E-state index contributed by atoms with van der Waals surface area (Å²) < 4.78 is 6.46. The van der Waals surface area contributed by atoms with Crippen LogP contribution in [-0.4, -0.2) is 23.1 Å². The van der Waals surface area contributed by atoms with Crippen LogP contribution >= 0.6 is 0 Å². The van der Waals surface area contributed by atoms with E-state index in [2.05, 4.69) is 5.32 Å². The quantitative estimate of drug-likeness (QED) is 0.813. The standard InChI is InChI=1S/C12H11N3O4/c1-14-8-3-2-7(6-9(8)19-12(14)18)15-5-4-10(16)13-11(15)17/h2-3,6H,4-5H2,1H3,(H,13,16,17). The maximum absolute atomic E-state index is 11.7. The molecule has 0 aliphatic carbocycles. The van der Waals surface area contributed by atoms with Crippen LogP contribution in [-0.2, 0) is 11.8 Å². The Morgan fingerprint density at radius 3 is 2.79 bits per heavy atom. The van der Waals surface area contributed by atoms with Gasteiger partial charge in [-0.05, 0) is 12.1 Å². The highest BCUT2D eigenvalue weighted by Gasteiger charge is 2.24. The van der Waals surface area contributed by atoms with E-state index >= 15 is 0 Å². The van der Waals surface area contributed by atoms with Crippen molar-refractivity contribution in [3.8, 4) is 0 Å². The molecule has 1 N–H and O–H groups in total. The highest BCUT2D eigenvalue weighted by atomic mass is 16.4. The number of carbonyl (C=O) groups excluding carboxylic acids is 2. The molecule has 0 bridgehead atoms. The number of nitrogens with zero attached hydrogens (tertiary/aromatic N) is 2. The number of imide groups is 1. The van der Waals surface area contributed by atoms with Gasteiger partial charge < -0.3 is 4.42 Å². The number of hydrogen-bond donors (Lipinski definition) is 1. The van der Waals surface area contributed by atoms with Gasteiger partial charge in [-0.1, -0.05) is 0 Å². The SMILES string of the molecule is Cn1c(=O)oc2cc(N3CCC(=O)NC3=O)ccc21. The van der Waals surface area contributed by atoms with Crippen LogP contribution in [0.5, 0.6) is 0 Å². The number of anilines is 1. The van der Waals surface area contributed by atoms with E-state index in [1.165, 1.54) is 9.47 Å². The molecule has 1 aliphatic rings. The highest BCUT2D eigenvalue weighted by molar-refractivity contribution is 6.06. The summed E-state index contributed by atoms with van der Waals surface area (Å²) in [4.78, 5) is 35.6. The molecule has 0 saturated carbocycles. The first kappa shape index (κ1) is 11.5. The second kappa shape index (κ2) is 3.98. The van der Waals surface area contributed by atoms with Gasteiger partial charge in [-0.3, -0.25) is 19.6 Å². The van der Waals surface area contributed by atoms with Crippen LogP contribution in [0.25, 0.3) is 11.1 Å². The first-order chi connectivity index (χ1) is 9.06. The van der Waals surface area contributed by atoms with Gasteiger partial charge in [-0.2, -0.15) is 0 Å². The number of urea groups is 1. The van der Waals surface area contributed by atoms with Gasteiger partial charge in [-0.15, -0.1) is 0 Å². The van der Waals surface area contributed by atoms with Crippen LogP contribution in [0.15, 0.2) is 27.4 Å². The number of benzene rings is 1. The minimum Gasteiger partial charge on any atom is -0.408 e. The Hall–Kier alpha value is -2.57. The monoisotopic (exact) mass is 261 g/mol. The number of amides is 3. The number of nitrogens with one attached hydrogen (secondary N) is 1. The van der Waals surface area contributed by atoms with Crippen molar-refractivity contribution in [3.05, 3.63) is 28.7 Å². The summed E-state index contributed by atoms with van der Waals surface area (Å²) in [6.45, 7) is 0.313. The molecule has 1 aliphatic heterocycles. The van der Waals surface area contributed by atoms with Gasteiger partial charge in [0.2, 0.25) is 5.91 Å². The third-order valence-corrected chi connectivity index (χ3v) is 3.14. The van der Waals surface area contributed by atoms with E-state index in [0.717, 1.165) is 0 Å². The summed E-state index contributed by atoms with van der Waals surface area (Å²) in [5.74, 6) is -0.737. The van der Waals surface area contributed by atoms with Crippen LogP contribution in [0.2, 0.25) is 0 Å². The number of hydrogen-bond acceptors (Lipinski definition) is 4. The van der Waals surface area contributed by atoms with Crippen molar-refractivity contribution < 1.29 is 14.0 Å². The van der Waals surface area contributed by atoms with Crippen molar-refractivity contribution in [2.24, 2.45) is 7.05 Å². The van der Waals surface area contributed by atoms with Crippen molar-refractivity contribution >= 4 is 28.7 Å². The highest BCUT2D eigenvalue weighted by Crippen LogP contribution is 2.22. The molecule has 3 rings (SSSR count). The van der Waals surface area contributed by atoms with Crippen molar-refractivity contribution in [1.82, 2.24) is 9.88 Å². The average Bonchev–Trinajstić information content (AvgIpc) is 2.64. The number of rotatable bonds is 1. The van der Waals surface area contributed by atoms with Gasteiger partial charge in [0.1, 0.15) is 0 Å². The Balaban J connectivity index is 2.04. The van der Waals surface area contributed by atoms with Gasteiger partial charge >= 0.3 is 11.8 Å². The van der Waals surface area contributed by atoms with Crippen molar-refractivity contribution in [2.75, 3.05) is 11.4 Å². The van der Waals surface area contributed by atoms with Crippen LogP contribution in [0.3, 0.4) is 0 Å². The average molecular weight is 261 g/mol. The number of oxazole rings is 1. The maximum Gasteiger partial charge on any atom is 0.419 e. The summed E-state index contributed by atoms with van der Waals surface area (Å²) in [7, 11) is 1.61. The minimum atomic E-state index is -0.464. The summed E-state index contributed by atoms with van der Waals surface area (Å²) in [5.41, 5.74) is 1.66. The largest absolute Gasteiger partial charge is 0.419 e. The van der Waals surface area contributed by atoms with Gasteiger partial charge in [0.05, 0.1) is 5.52 Å². The molecule has 0 atom stereocenters. The molecule has 1 aromatic heterocycles. The van der Waals surface area contributed by atoms with E-state index in [1.54, 1.807) is 25.2 Å². The molecule has 0 spiro atoms. The number of aryl methyl sites for hydroxylation is 1. The first-order valence-electron chi connectivity index (χ1n) is 5.77. The van der Waals surface area contributed by atoms with E-state index in [1.807, 2.05) is 0 Å². The molecule has 1 fully saturated rings. The zero-order valence-corrected chi connectivity index (χ0v) is 10.2. The Labute approximate surface area is 107 Å². The number of aromatic nitrogens is 1. The Morgan fingerprint density at radius 2 is 2.05 bits per heavy atom. The Morgan fingerprint density at radius 1 is 1.26 bits per heavy atom. The summed E-state index contributed by atoms with van der Waals surface area (Å²) in [6.07, 6.45) is 0.252. The molecular formula is C12H11N3O4. The fourth-order valence-electron chi connectivity index (χ4n) is 2.10. The molecule has 2 heterocycles. The number of carbonyl (C=O) groups is 2. The van der Waals surface area contributed by atoms with E-state index in [9.17, 15) is 14.4 Å². The normalized spacial score (nSPS) is 15.9. The molecule has 2 aromatic rings. The van der Waals surface area contributed by atoms with Gasteiger partial charge in [-0.25, -0.2) is 9.59 Å². The summed E-state index contributed by atoms with van der Waals surface area (Å²) in [5, 5.41) is 2.24. The zero-order valence-electron chi connectivity index (χ0n) is 10.2. The molecule has 7 nitrogen and oxygen atoms in total. The van der Waals surface area contributed by atoms with Crippen LogP contribution in [0, 0.1) is 0 Å². The Kier molecular flexibility index (Phi) is 2.41. The predicted octanol–water partition coefficient (Wildman–Crippen LogP) is 0.578. The smallest absolute Gasteiger partial charge is 0.408 e. The van der Waals surface area contributed by atoms with Crippen molar-refractivity contribution in [3.63, 3.8) is 0 Å². The minimum absolute atomic E-state index is 0.252. The van der Waals surface area contributed by atoms with Crippen molar-refractivity contribution in [1.29, 1.82) is 0 Å². The molecule has 98 valence electrons. The first-order valence-corrected chi connectivity index (χ1v) is 5.77. The molecule has 0 radical (unpaired) electrons. The second-order valence-corrected chi connectivity index (χ2v) is 4.33. The zero-order chi connectivity index (χ0) is 13.6. The lowest BCUT2D eigenvalue weighted by Crippen LogP contribution is -2.49. The molecule has 7 heteroatoms. The maximum atomic E-state index is 11.7. The van der Waals surface area contributed by atoms with Crippen LogP contribution in [0.1, 0.15) is 6.42 Å². The lowest BCUT2D eigenvalue weighted by atomic mass is 10.2. The third kappa shape index (κ3) is 1.79. The molecular weight excluding hydrogens is 250 g/mol. The van der Waals surface area contributed by atoms with E-state index in [4.69, 9.17) is 4.42 Å². The lowest BCUT2D eigenvalue weighted by molar-refractivity contribution is -0.120. The fraction of sp³-hybridized carbons (Fsp3) is 0.250. The second-order valence-electron chi connectivity index (χ2n) is 4.33. The topological polar surface area (TPSA) is 84.6 Å². The number of fused-ring (bicyclic) bond motifs is 1. The molecule has 1 saturated heterocycles. The molecule has 0 unspecified atom stereocenters. The van der Waals surface area contributed by atoms with Gasteiger partial charge in [0, 0.05) is 31.8 Å². The third-order valence-electron chi connectivity index (χ3n) is 3.14. The van der Waals surface area contributed by atoms with Gasteiger partial charge in [0.15, 0.2) is 5.58 Å². The van der Waals surface area contributed by atoms with E-state index < -0.39 is 11.8 Å². The lowest BCUT2D eigenvalue weighted by Gasteiger charge is -2.26. The molecule has 1 aromatic carbocycles.